The van der Waals surface area contributed by atoms with Gasteiger partial charge < -0.3 is 9.51 Å². The van der Waals surface area contributed by atoms with Crippen LogP contribution in [0.5, 0.6) is 0 Å². The number of H-pyrrole nitrogens is 1. The summed E-state index contributed by atoms with van der Waals surface area (Å²) in [7, 11) is 0. The highest BCUT2D eigenvalue weighted by molar-refractivity contribution is 5.81. The third-order valence-electron chi connectivity index (χ3n) is 3.41. The summed E-state index contributed by atoms with van der Waals surface area (Å²) < 4.78 is 5.21. The number of carbonyl (C=O) groups excluding carboxylic acids is 1. The van der Waals surface area contributed by atoms with Crippen LogP contribution in [-0.4, -0.2) is 20.9 Å². The molecule has 2 aromatic rings. The molecule has 5 nitrogen and oxygen atoms in total. The van der Waals surface area contributed by atoms with E-state index in [1.165, 1.54) is 0 Å². The molecule has 0 aliphatic heterocycles. The predicted octanol–water partition coefficient (Wildman–Crippen LogP) is 2.37. The highest BCUT2D eigenvalue weighted by Crippen LogP contribution is 2.24. The first kappa shape index (κ1) is 11.2. The zero-order valence-electron chi connectivity index (χ0n) is 10.1. The molecule has 0 spiro atoms. The first-order valence-corrected chi connectivity index (χ1v) is 6.32. The molecule has 0 bridgehead atoms. The van der Waals surface area contributed by atoms with Gasteiger partial charge in [-0.05, 0) is 25.0 Å². The third kappa shape index (κ3) is 2.20. The molecule has 0 amide bonds. The molecule has 0 aromatic carbocycles. The van der Waals surface area contributed by atoms with Gasteiger partial charge in [-0.2, -0.15) is 4.98 Å². The van der Waals surface area contributed by atoms with E-state index in [9.17, 15) is 4.79 Å². The van der Waals surface area contributed by atoms with Gasteiger partial charge in [0, 0.05) is 25.0 Å². The van der Waals surface area contributed by atoms with Crippen molar-refractivity contribution in [2.45, 2.75) is 32.1 Å². The lowest BCUT2D eigenvalue weighted by Crippen LogP contribution is -2.21. The molecule has 1 saturated carbocycles. The Morgan fingerprint density at radius 2 is 2.39 bits per heavy atom. The van der Waals surface area contributed by atoms with Crippen LogP contribution >= 0.6 is 0 Å². The predicted molar refractivity (Wildman–Crippen MR) is 64.8 cm³/mol. The molecule has 18 heavy (non-hydrogen) atoms. The fourth-order valence-corrected chi connectivity index (χ4v) is 2.40. The van der Waals surface area contributed by atoms with Gasteiger partial charge in [0.05, 0.1) is 5.69 Å². The lowest BCUT2D eigenvalue weighted by atomic mass is 9.86. The van der Waals surface area contributed by atoms with Gasteiger partial charge in [0.2, 0.25) is 11.7 Å². The van der Waals surface area contributed by atoms with Gasteiger partial charge >= 0.3 is 0 Å². The first-order valence-electron chi connectivity index (χ1n) is 6.32. The number of hydrogen-bond acceptors (Lipinski definition) is 4. The summed E-state index contributed by atoms with van der Waals surface area (Å²) in [6.07, 6.45) is 6.17. The van der Waals surface area contributed by atoms with Crippen molar-refractivity contribution in [3.05, 3.63) is 24.2 Å². The number of nitrogens with zero attached hydrogens (tertiary/aromatic N) is 2. The van der Waals surface area contributed by atoms with Gasteiger partial charge in [0.1, 0.15) is 5.78 Å². The summed E-state index contributed by atoms with van der Waals surface area (Å²) in [6.45, 7) is 0. The van der Waals surface area contributed by atoms with Crippen LogP contribution in [0.25, 0.3) is 11.5 Å². The van der Waals surface area contributed by atoms with Gasteiger partial charge in [-0.3, -0.25) is 4.79 Å². The summed E-state index contributed by atoms with van der Waals surface area (Å²) >= 11 is 0. The van der Waals surface area contributed by atoms with Crippen molar-refractivity contribution in [3.8, 4) is 11.5 Å². The van der Waals surface area contributed by atoms with E-state index in [1.807, 2.05) is 18.3 Å². The number of Topliss-reactive ketones (excluding diaryl/α,β-unsaturated/α-hetero) is 1. The fourth-order valence-electron chi connectivity index (χ4n) is 2.40. The van der Waals surface area contributed by atoms with E-state index < -0.39 is 0 Å². The van der Waals surface area contributed by atoms with Crippen LogP contribution in [0.2, 0.25) is 0 Å². The smallest absolute Gasteiger partial charge is 0.227 e. The van der Waals surface area contributed by atoms with Crippen LogP contribution < -0.4 is 0 Å². The molecule has 1 atom stereocenters. The fraction of sp³-hybridized carbons (Fsp3) is 0.462. The minimum absolute atomic E-state index is 0.0655. The summed E-state index contributed by atoms with van der Waals surface area (Å²) in [6, 6.07) is 3.77. The molecular weight excluding hydrogens is 230 g/mol. The molecule has 1 aliphatic rings. The molecule has 1 aliphatic carbocycles. The lowest BCUT2D eigenvalue weighted by molar-refractivity contribution is -0.124. The number of rotatable bonds is 3. The Hall–Kier alpha value is -1.91. The standard InChI is InChI=1S/C13H15N3O2/c17-11-6-2-1-4-9(11)8-12-15-13(16-18-12)10-5-3-7-14-10/h3,5,7,9,14H,1-2,4,6,8H2. The molecule has 1 unspecified atom stereocenters. The largest absolute Gasteiger partial charge is 0.359 e. The second-order valence-corrected chi connectivity index (χ2v) is 4.71. The Labute approximate surface area is 105 Å². The number of aromatic nitrogens is 3. The van der Waals surface area contributed by atoms with Crippen molar-refractivity contribution in [1.82, 2.24) is 15.1 Å². The van der Waals surface area contributed by atoms with Crippen LogP contribution in [0, 0.1) is 5.92 Å². The Morgan fingerprint density at radius 3 is 3.17 bits per heavy atom. The van der Waals surface area contributed by atoms with E-state index in [1.54, 1.807) is 0 Å². The number of aromatic amines is 1. The average Bonchev–Trinajstić information content (AvgIpc) is 3.02. The Bertz CT molecular complexity index is 530. The normalized spacial score (nSPS) is 20.2. The second-order valence-electron chi connectivity index (χ2n) is 4.71. The maximum Gasteiger partial charge on any atom is 0.227 e. The zero-order valence-corrected chi connectivity index (χ0v) is 10.1. The average molecular weight is 245 g/mol. The molecule has 2 heterocycles. The number of nitrogens with one attached hydrogen (secondary N) is 1. The molecule has 1 N–H and O–H groups in total. The quantitative estimate of drug-likeness (QED) is 0.901. The molecule has 1 fully saturated rings. The van der Waals surface area contributed by atoms with Crippen LogP contribution in [0.1, 0.15) is 31.6 Å². The van der Waals surface area contributed by atoms with Crippen molar-refractivity contribution in [3.63, 3.8) is 0 Å². The Balaban J connectivity index is 1.72. The minimum atomic E-state index is 0.0655. The zero-order chi connectivity index (χ0) is 12.4. The molecular formula is C13H15N3O2. The van der Waals surface area contributed by atoms with Gasteiger partial charge in [0.25, 0.3) is 0 Å². The van der Waals surface area contributed by atoms with E-state index in [4.69, 9.17) is 4.52 Å². The Kier molecular flexibility index (Phi) is 2.96. The van der Waals surface area contributed by atoms with Crippen LogP contribution in [-0.2, 0) is 11.2 Å². The highest BCUT2D eigenvalue weighted by atomic mass is 16.5. The van der Waals surface area contributed by atoms with E-state index in [2.05, 4.69) is 15.1 Å². The van der Waals surface area contributed by atoms with Crippen molar-refractivity contribution < 1.29 is 9.32 Å². The van der Waals surface area contributed by atoms with Gasteiger partial charge in [-0.15, -0.1) is 0 Å². The first-order chi connectivity index (χ1) is 8.83. The van der Waals surface area contributed by atoms with Crippen molar-refractivity contribution >= 4 is 5.78 Å². The van der Waals surface area contributed by atoms with E-state index >= 15 is 0 Å². The van der Waals surface area contributed by atoms with Crippen molar-refractivity contribution in [2.75, 3.05) is 0 Å². The van der Waals surface area contributed by atoms with E-state index in [0.29, 0.717) is 30.3 Å². The molecule has 0 saturated heterocycles. The van der Waals surface area contributed by atoms with Crippen LogP contribution in [0.4, 0.5) is 0 Å². The third-order valence-corrected chi connectivity index (χ3v) is 3.41. The minimum Gasteiger partial charge on any atom is -0.359 e. The van der Waals surface area contributed by atoms with E-state index in [-0.39, 0.29) is 5.92 Å². The maximum atomic E-state index is 11.7. The maximum absolute atomic E-state index is 11.7. The molecule has 94 valence electrons. The molecule has 5 heteroatoms. The van der Waals surface area contributed by atoms with E-state index in [0.717, 1.165) is 25.0 Å². The SMILES string of the molecule is O=C1CCCCC1Cc1nc(-c2ccc[nH]2)no1. The Morgan fingerprint density at radius 1 is 1.44 bits per heavy atom. The summed E-state index contributed by atoms with van der Waals surface area (Å²) in [5.41, 5.74) is 0.833. The van der Waals surface area contributed by atoms with Crippen molar-refractivity contribution in [2.24, 2.45) is 5.92 Å². The van der Waals surface area contributed by atoms with Crippen LogP contribution in [0.3, 0.4) is 0 Å². The van der Waals surface area contributed by atoms with Crippen LogP contribution in [0.15, 0.2) is 22.9 Å². The van der Waals surface area contributed by atoms with Gasteiger partial charge in [-0.1, -0.05) is 11.6 Å². The highest BCUT2D eigenvalue weighted by Gasteiger charge is 2.24. The summed E-state index contributed by atoms with van der Waals surface area (Å²) in [5.74, 6) is 1.51. The molecule has 3 rings (SSSR count). The monoisotopic (exact) mass is 245 g/mol. The molecule has 2 aromatic heterocycles. The number of ketones is 1. The summed E-state index contributed by atoms with van der Waals surface area (Å²) in [4.78, 5) is 19.1. The second kappa shape index (κ2) is 4.76. The number of carbonyl (C=O) groups is 1. The van der Waals surface area contributed by atoms with Crippen molar-refractivity contribution in [1.29, 1.82) is 0 Å². The molecule has 0 radical (unpaired) electrons. The lowest BCUT2D eigenvalue weighted by Gasteiger charge is -2.18. The topological polar surface area (TPSA) is 71.8 Å². The number of hydrogen-bond donors (Lipinski definition) is 1. The summed E-state index contributed by atoms with van der Waals surface area (Å²) in [5, 5.41) is 3.92. The van der Waals surface area contributed by atoms with Gasteiger partial charge in [0.15, 0.2) is 0 Å². The van der Waals surface area contributed by atoms with Gasteiger partial charge in [-0.25, -0.2) is 0 Å².